The van der Waals surface area contributed by atoms with Crippen LogP contribution in [-0.4, -0.2) is 34.8 Å². The van der Waals surface area contributed by atoms with Gasteiger partial charge in [-0.1, -0.05) is 11.6 Å². The van der Waals surface area contributed by atoms with Crippen LogP contribution in [0.3, 0.4) is 0 Å². The second-order valence-electron chi connectivity index (χ2n) is 5.03. The van der Waals surface area contributed by atoms with Gasteiger partial charge in [-0.25, -0.2) is 0 Å². The molecule has 104 valence electrons. The fraction of sp³-hybridized carbons (Fsp3) is 0.500. The Labute approximate surface area is 124 Å². The average Bonchev–Trinajstić information content (AvgIpc) is 2.42. The molecule has 3 nitrogen and oxygen atoms in total. The molecule has 19 heavy (non-hydrogen) atoms. The highest BCUT2D eigenvalue weighted by Crippen LogP contribution is 2.21. The number of piperidine rings is 1. The van der Waals surface area contributed by atoms with Crippen molar-refractivity contribution in [2.24, 2.45) is 5.92 Å². The fourth-order valence-corrected chi connectivity index (χ4v) is 2.86. The zero-order valence-corrected chi connectivity index (χ0v) is 12.6. The van der Waals surface area contributed by atoms with Crippen molar-refractivity contribution in [3.63, 3.8) is 0 Å². The molecule has 0 aliphatic carbocycles. The molecule has 1 unspecified atom stereocenters. The van der Waals surface area contributed by atoms with Gasteiger partial charge in [-0.05, 0) is 61.7 Å². The quantitative estimate of drug-likeness (QED) is 0.823. The summed E-state index contributed by atoms with van der Waals surface area (Å²) < 4.78 is 0. The van der Waals surface area contributed by atoms with Gasteiger partial charge in [0.2, 0.25) is 0 Å². The maximum absolute atomic E-state index is 9.25. The zero-order chi connectivity index (χ0) is 13.8. The number of halogens is 1. The third-order valence-electron chi connectivity index (χ3n) is 3.49. The van der Waals surface area contributed by atoms with Gasteiger partial charge in [0.1, 0.15) is 0 Å². The van der Waals surface area contributed by atoms with Crippen molar-refractivity contribution in [2.45, 2.75) is 19.8 Å². The molecule has 1 fully saturated rings. The van der Waals surface area contributed by atoms with Crippen molar-refractivity contribution in [1.29, 1.82) is 0 Å². The molecule has 0 radical (unpaired) electrons. The van der Waals surface area contributed by atoms with Crippen LogP contribution < -0.4 is 5.32 Å². The highest BCUT2D eigenvalue weighted by molar-refractivity contribution is 7.80. The highest BCUT2D eigenvalue weighted by atomic mass is 35.5. The van der Waals surface area contributed by atoms with Crippen LogP contribution in [0, 0.1) is 12.8 Å². The van der Waals surface area contributed by atoms with Crippen LogP contribution >= 0.6 is 23.8 Å². The van der Waals surface area contributed by atoms with Crippen molar-refractivity contribution in [3.8, 4) is 0 Å². The molecule has 5 heteroatoms. The van der Waals surface area contributed by atoms with Gasteiger partial charge in [0, 0.05) is 30.4 Å². The minimum atomic E-state index is 0.235. The summed E-state index contributed by atoms with van der Waals surface area (Å²) in [5.74, 6) is 0.333. The van der Waals surface area contributed by atoms with Gasteiger partial charge in [-0.15, -0.1) is 0 Å². The Morgan fingerprint density at radius 3 is 3.05 bits per heavy atom. The first kappa shape index (κ1) is 14.6. The summed E-state index contributed by atoms with van der Waals surface area (Å²) >= 11 is 11.4. The lowest BCUT2D eigenvalue weighted by Crippen LogP contribution is -2.43. The summed E-state index contributed by atoms with van der Waals surface area (Å²) in [5, 5.41) is 14.0. The SMILES string of the molecule is Cc1cc(Cl)ccc1NC(=S)N1CCCC(CO)C1. The molecule has 1 aliphatic heterocycles. The number of aryl methyl sites for hydroxylation is 1. The van der Waals surface area contributed by atoms with Gasteiger partial charge in [0.25, 0.3) is 0 Å². The van der Waals surface area contributed by atoms with Crippen molar-refractivity contribution in [3.05, 3.63) is 28.8 Å². The number of aliphatic hydroxyl groups is 1. The highest BCUT2D eigenvalue weighted by Gasteiger charge is 2.21. The smallest absolute Gasteiger partial charge is 0.173 e. The Kier molecular flexibility index (Phi) is 5.02. The van der Waals surface area contributed by atoms with Crippen LogP contribution in [0.5, 0.6) is 0 Å². The van der Waals surface area contributed by atoms with Gasteiger partial charge in [0.15, 0.2) is 5.11 Å². The first-order valence-electron chi connectivity index (χ1n) is 6.53. The number of thiocarbonyl (C=S) groups is 1. The number of nitrogens with one attached hydrogen (secondary N) is 1. The third-order valence-corrected chi connectivity index (χ3v) is 4.09. The largest absolute Gasteiger partial charge is 0.396 e. The van der Waals surface area contributed by atoms with Crippen molar-refractivity contribution >= 4 is 34.6 Å². The van der Waals surface area contributed by atoms with Crippen LogP contribution in [-0.2, 0) is 0 Å². The van der Waals surface area contributed by atoms with Gasteiger partial charge in [-0.2, -0.15) is 0 Å². The number of aliphatic hydroxyl groups excluding tert-OH is 1. The standard InChI is InChI=1S/C14H19ClN2OS/c1-10-7-12(15)4-5-13(10)16-14(19)17-6-2-3-11(8-17)9-18/h4-5,7,11,18H,2-3,6,8-9H2,1H3,(H,16,19). The Balaban J connectivity index is 2.00. The Morgan fingerprint density at radius 2 is 2.37 bits per heavy atom. The molecule has 1 atom stereocenters. The van der Waals surface area contributed by atoms with E-state index in [1.807, 2.05) is 25.1 Å². The molecular weight excluding hydrogens is 280 g/mol. The van der Waals surface area contributed by atoms with E-state index in [1.165, 1.54) is 0 Å². The van der Waals surface area contributed by atoms with Crippen LogP contribution in [0.4, 0.5) is 5.69 Å². The normalized spacial score (nSPS) is 19.3. The predicted octanol–water partition coefficient (Wildman–Crippen LogP) is 3.05. The second kappa shape index (κ2) is 6.55. The zero-order valence-electron chi connectivity index (χ0n) is 11.0. The topological polar surface area (TPSA) is 35.5 Å². The summed E-state index contributed by atoms with van der Waals surface area (Å²) in [4.78, 5) is 2.13. The molecule has 2 N–H and O–H groups in total. The van der Waals surface area contributed by atoms with E-state index in [0.717, 1.165) is 47.3 Å². The van der Waals surface area contributed by atoms with E-state index in [-0.39, 0.29) is 6.61 Å². The van der Waals surface area contributed by atoms with Gasteiger partial charge < -0.3 is 15.3 Å². The summed E-state index contributed by atoms with van der Waals surface area (Å²) in [6.07, 6.45) is 2.15. The van der Waals surface area contributed by atoms with E-state index in [0.29, 0.717) is 5.92 Å². The molecule has 1 saturated heterocycles. The average molecular weight is 299 g/mol. The molecule has 0 amide bonds. The van der Waals surface area contributed by atoms with Gasteiger partial charge >= 0.3 is 0 Å². The molecule has 1 aromatic rings. The van der Waals surface area contributed by atoms with Crippen LogP contribution in [0.15, 0.2) is 18.2 Å². The lowest BCUT2D eigenvalue weighted by molar-refractivity contribution is 0.162. The third kappa shape index (κ3) is 3.81. The lowest BCUT2D eigenvalue weighted by Gasteiger charge is -2.34. The first-order chi connectivity index (χ1) is 9.10. The second-order valence-corrected chi connectivity index (χ2v) is 5.85. The predicted molar refractivity (Wildman–Crippen MR) is 83.8 cm³/mol. The number of benzene rings is 1. The van der Waals surface area contributed by atoms with Gasteiger partial charge in [-0.3, -0.25) is 0 Å². The van der Waals surface area contributed by atoms with Crippen LogP contribution in [0.25, 0.3) is 0 Å². The Hall–Kier alpha value is -0.840. The molecule has 2 rings (SSSR count). The molecule has 1 aromatic carbocycles. The van der Waals surface area contributed by atoms with E-state index in [9.17, 15) is 5.11 Å². The number of likely N-dealkylation sites (tertiary alicyclic amines) is 1. The Bertz CT molecular complexity index is 467. The summed E-state index contributed by atoms with van der Waals surface area (Å²) in [7, 11) is 0. The van der Waals surface area contributed by atoms with Crippen molar-refractivity contribution < 1.29 is 5.11 Å². The molecule has 0 spiro atoms. The number of rotatable bonds is 2. The molecule has 0 saturated carbocycles. The van der Waals surface area contributed by atoms with E-state index in [4.69, 9.17) is 23.8 Å². The van der Waals surface area contributed by atoms with Crippen molar-refractivity contribution in [2.75, 3.05) is 25.0 Å². The number of hydrogen-bond acceptors (Lipinski definition) is 2. The van der Waals surface area contributed by atoms with Crippen LogP contribution in [0.1, 0.15) is 18.4 Å². The maximum atomic E-state index is 9.25. The summed E-state index contributed by atoms with van der Waals surface area (Å²) in [6.45, 7) is 4.02. The van der Waals surface area contributed by atoms with E-state index >= 15 is 0 Å². The Morgan fingerprint density at radius 1 is 1.58 bits per heavy atom. The number of hydrogen-bond donors (Lipinski definition) is 2. The number of nitrogens with zero attached hydrogens (tertiary/aromatic N) is 1. The van der Waals surface area contributed by atoms with Crippen LogP contribution in [0.2, 0.25) is 5.02 Å². The minimum Gasteiger partial charge on any atom is -0.396 e. The molecule has 0 aromatic heterocycles. The number of anilines is 1. The van der Waals surface area contributed by atoms with E-state index < -0.39 is 0 Å². The molecule has 0 bridgehead atoms. The lowest BCUT2D eigenvalue weighted by atomic mass is 9.99. The molecule has 1 aliphatic rings. The minimum absolute atomic E-state index is 0.235. The van der Waals surface area contributed by atoms with Gasteiger partial charge in [0.05, 0.1) is 0 Å². The van der Waals surface area contributed by atoms with E-state index in [2.05, 4.69) is 10.2 Å². The maximum Gasteiger partial charge on any atom is 0.173 e. The van der Waals surface area contributed by atoms with Crippen molar-refractivity contribution in [1.82, 2.24) is 4.90 Å². The van der Waals surface area contributed by atoms with E-state index in [1.54, 1.807) is 0 Å². The first-order valence-corrected chi connectivity index (χ1v) is 7.31. The summed E-state index contributed by atoms with van der Waals surface area (Å²) in [6, 6.07) is 5.71. The summed E-state index contributed by atoms with van der Waals surface area (Å²) in [5.41, 5.74) is 2.06. The molecular formula is C14H19ClN2OS. The monoisotopic (exact) mass is 298 g/mol. The fourth-order valence-electron chi connectivity index (χ4n) is 2.36. The molecule has 1 heterocycles.